The van der Waals surface area contributed by atoms with Crippen LogP contribution < -0.4 is 4.74 Å². The number of nitrogens with zero attached hydrogens (tertiary/aromatic N) is 2. The van der Waals surface area contributed by atoms with Gasteiger partial charge in [-0.1, -0.05) is 29.8 Å². The van der Waals surface area contributed by atoms with E-state index in [1.165, 1.54) is 22.6 Å². The van der Waals surface area contributed by atoms with E-state index >= 15 is 0 Å². The first-order chi connectivity index (χ1) is 16.9. The standard InChI is InChI=1S/C28H29FN2O3S/c1-18-7-10-25(19(2)15-18)34-17-24-22-12-14-35-26(22)11-13-30(24)27(32)16-31(20-8-9-20)28(33)21-5-3-4-6-23(21)29/h3-7,10,12,14-15,20,24H,8-9,11,13,16-17H2,1-2H3/t24-/m0/s1. The van der Waals surface area contributed by atoms with Crippen molar-refractivity contribution in [3.8, 4) is 5.75 Å². The lowest BCUT2D eigenvalue weighted by Crippen LogP contribution is -2.48. The maximum atomic E-state index is 14.3. The van der Waals surface area contributed by atoms with Crippen molar-refractivity contribution in [1.82, 2.24) is 9.80 Å². The van der Waals surface area contributed by atoms with Gasteiger partial charge >= 0.3 is 0 Å². The second-order valence-electron chi connectivity index (χ2n) is 9.38. The van der Waals surface area contributed by atoms with Crippen LogP contribution in [0.3, 0.4) is 0 Å². The number of rotatable bonds is 7. The Morgan fingerprint density at radius 2 is 1.94 bits per heavy atom. The summed E-state index contributed by atoms with van der Waals surface area (Å²) in [7, 11) is 0. The number of hydrogen-bond acceptors (Lipinski definition) is 4. The first kappa shape index (κ1) is 23.5. The number of amides is 2. The first-order valence-electron chi connectivity index (χ1n) is 12.0. The van der Waals surface area contributed by atoms with Crippen LogP contribution in [-0.4, -0.2) is 47.4 Å². The molecule has 7 heteroatoms. The van der Waals surface area contributed by atoms with Crippen LogP contribution in [0, 0.1) is 19.7 Å². The van der Waals surface area contributed by atoms with E-state index in [4.69, 9.17) is 4.74 Å². The zero-order chi connectivity index (χ0) is 24.5. The third-order valence-electron chi connectivity index (χ3n) is 6.80. The maximum absolute atomic E-state index is 14.3. The van der Waals surface area contributed by atoms with Crippen LogP contribution in [-0.2, 0) is 11.2 Å². The number of carbonyl (C=O) groups is 2. The zero-order valence-corrected chi connectivity index (χ0v) is 20.8. The summed E-state index contributed by atoms with van der Waals surface area (Å²) in [5.74, 6) is -0.307. The number of ether oxygens (including phenoxy) is 1. The number of fused-ring (bicyclic) bond motifs is 1. The highest BCUT2D eigenvalue weighted by Gasteiger charge is 2.38. The zero-order valence-electron chi connectivity index (χ0n) is 20.0. The van der Waals surface area contributed by atoms with Crippen molar-refractivity contribution in [3.05, 3.63) is 86.9 Å². The molecule has 0 N–H and O–H groups in total. The van der Waals surface area contributed by atoms with E-state index in [0.717, 1.165) is 36.1 Å². The van der Waals surface area contributed by atoms with Crippen molar-refractivity contribution in [2.45, 2.75) is 45.2 Å². The monoisotopic (exact) mass is 492 g/mol. The summed E-state index contributed by atoms with van der Waals surface area (Å²) in [6.45, 7) is 4.91. The first-order valence-corrected chi connectivity index (χ1v) is 12.9. The lowest BCUT2D eigenvalue weighted by molar-refractivity contribution is -0.135. The Labute approximate surface area is 209 Å². The second kappa shape index (κ2) is 9.82. The average Bonchev–Trinajstić information content (AvgIpc) is 3.57. The number of carbonyl (C=O) groups excluding carboxylic acids is 2. The fourth-order valence-electron chi connectivity index (χ4n) is 4.78. The van der Waals surface area contributed by atoms with Crippen LogP contribution in [0.25, 0.3) is 0 Å². The lowest BCUT2D eigenvalue weighted by Gasteiger charge is -2.37. The molecule has 5 nitrogen and oxygen atoms in total. The van der Waals surface area contributed by atoms with Crippen molar-refractivity contribution in [1.29, 1.82) is 0 Å². The molecule has 1 aliphatic carbocycles. The van der Waals surface area contributed by atoms with E-state index in [1.54, 1.807) is 28.4 Å². The van der Waals surface area contributed by atoms with Crippen molar-refractivity contribution in [3.63, 3.8) is 0 Å². The van der Waals surface area contributed by atoms with Crippen LogP contribution in [0.4, 0.5) is 4.39 Å². The minimum Gasteiger partial charge on any atom is -0.491 e. The fraction of sp³-hybridized carbons (Fsp3) is 0.357. The van der Waals surface area contributed by atoms with E-state index in [2.05, 4.69) is 17.5 Å². The molecule has 2 heterocycles. The second-order valence-corrected chi connectivity index (χ2v) is 10.4. The highest BCUT2D eigenvalue weighted by molar-refractivity contribution is 7.10. The number of aryl methyl sites for hydroxylation is 2. The summed E-state index contributed by atoms with van der Waals surface area (Å²) in [5.41, 5.74) is 3.35. The van der Waals surface area contributed by atoms with Gasteiger partial charge in [-0.2, -0.15) is 0 Å². The molecule has 3 aromatic rings. The Hall–Kier alpha value is -3.19. The summed E-state index contributed by atoms with van der Waals surface area (Å²) in [6.07, 6.45) is 2.45. The van der Waals surface area contributed by atoms with Crippen LogP contribution in [0.1, 0.15) is 50.8 Å². The van der Waals surface area contributed by atoms with E-state index in [1.807, 2.05) is 30.9 Å². The molecule has 1 aliphatic heterocycles. The average molecular weight is 493 g/mol. The Kier molecular flexibility index (Phi) is 6.60. The third-order valence-corrected chi connectivity index (χ3v) is 7.80. The minimum absolute atomic E-state index is 0.0145. The molecule has 35 heavy (non-hydrogen) atoms. The number of hydrogen-bond donors (Lipinski definition) is 0. The molecule has 1 saturated carbocycles. The van der Waals surface area contributed by atoms with Gasteiger partial charge in [0.15, 0.2) is 0 Å². The van der Waals surface area contributed by atoms with Crippen LogP contribution in [0.5, 0.6) is 5.75 Å². The highest BCUT2D eigenvalue weighted by atomic mass is 32.1. The number of benzene rings is 2. The maximum Gasteiger partial charge on any atom is 0.257 e. The Balaban J connectivity index is 1.36. The number of halogens is 1. The molecule has 2 amide bonds. The van der Waals surface area contributed by atoms with E-state index < -0.39 is 11.7 Å². The molecule has 2 aromatic carbocycles. The van der Waals surface area contributed by atoms with Gasteiger partial charge in [-0.15, -0.1) is 11.3 Å². The molecule has 1 atom stereocenters. The number of thiophene rings is 1. The third kappa shape index (κ3) is 4.96. The van der Waals surface area contributed by atoms with Gasteiger partial charge in [0.05, 0.1) is 11.6 Å². The normalized spacial score (nSPS) is 17.1. The fourth-order valence-corrected chi connectivity index (χ4v) is 5.71. The van der Waals surface area contributed by atoms with Gasteiger partial charge in [-0.25, -0.2) is 4.39 Å². The van der Waals surface area contributed by atoms with Gasteiger partial charge in [0.1, 0.15) is 24.7 Å². The summed E-state index contributed by atoms with van der Waals surface area (Å²) in [4.78, 5) is 31.4. The van der Waals surface area contributed by atoms with Crippen molar-refractivity contribution in [2.24, 2.45) is 0 Å². The molecule has 0 spiro atoms. The Morgan fingerprint density at radius 1 is 1.14 bits per heavy atom. The molecule has 0 bridgehead atoms. The molecule has 1 aromatic heterocycles. The van der Waals surface area contributed by atoms with Crippen molar-refractivity contribution >= 4 is 23.2 Å². The molecule has 0 radical (unpaired) electrons. The largest absolute Gasteiger partial charge is 0.491 e. The topological polar surface area (TPSA) is 49.9 Å². The Bertz CT molecular complexity index is 1250. The summed E-state index contributed by atoms with van der Waals surface area (Å²) in [6, 6.07) is 13.9. The predicted molar refractivity (Wildman–Crippen MR) is 134 cm³/mol. The van der Waals surface area contributed by atoms with E-state index in [0.29, 0.717) is 13.2 Å². The van der Waals surface area contributed by atoms with Gasteiger partial charge in [0, 0.05) is 17.5 Å². The summed E-state index contributed by atoms with van der Waals surface area (Å²) >= 11 is 1.70. The minimum atomic E-state index is -0.559. The van der Waals surface area contributed by atoms with E-state index in [9.17, 15) is 14.0 Å². The lowest BCUT2D eigenvalue weighted by atomic mass is 10.00. The summed E-state index contributed by atoms with van der Waals surface area (Å²) < 4.78 is 20.5. The molecule has 2 aliphatic rings. The highest BCUT2D eigenvalue weighted by Crippen LogP contribution is 2.35. The molecular formula is C28H29FN2O3S. The van der Waals surface area contributed by atoms with Gasteiger partial charge in [-0.05, 0) is 73.9 Å². The molecule has 5 rings (SSSR count). The smallest absolute Gasteiger partial charge is 0.257 e. The van der Waals surface area contributed by atoms with Gasteiger partial charge < -0.3 is 14.5 Å². The van der Waals surface area contributed by atoms with Crippen molar-refractivity contribution < 1.29 is 18.7 Å². The molecule has 182 valence electrons. The Morgan fingerprint density at radius 3 is 2.69 bits per heavy atom. The van der Waals surface area contributed by atoms with Crippen molar-refractivity contribution in [2.75, 3.05) is 19.7 Å². The van der Waals surface area contributed by atoms with Crippen LogP contribution in [0.2, 0.25) is 0 Å². The van der Waals surface area contributed by atoms with Gasteiger partial charge in [0.2, 0.25) is 5.91 Å². The SMILES string of the molecule is Cc1ccc(OC[C@H]2c3ccsc3CCN2C(=O)CN(C(=O)c2ccccc2F)C2CC2)c(C)c1. The molecule has 1 fully saturated rings. The van der Waals surface area contributed by atoms with E-state index in [-0.39, 0.29) is 30.1 Å². The molecule has 0 saturated heterocycles. The van der Waals surface area contributed by atoms with Gasteiger partial charge in [-0.3, -0.25) is 9.59 Å². The van der Waals surface area contributed by atoms with Crippen LogP contribution in [0.15, 0.2) is 53.9 Å². The van der Waals surface area contributed by atoms with Gasteiger partial charge in [0.25, 0.3) is 5.91 Å². The predicted octanol–water partition coefficient (Wildman–Crippen LogP) is 5.31. The molecular weight excluding hydrogens is 463 g/mol. The quantitative estimate of drug-likeness (QED) is 0.449. The molecule has 0 unspecified atom stereocenters. The summed E-state index contributed by atoms with van der Waals surface area (Å²) in [5, 5.41) is 2.06. The van der Waals surface area contributed by atoms with Crippen LogP contribution >= 0.6 is 11.3 Å².